The van der Waals surface area contributed by atoms with Gasteiger partial charge >= 0.3 is 0 Å². The number of methoxy groups -OCH3 is 1. The lowest BCUT2D eigenvalue weighted by molar-refractivity contribution is -0.123. The molecule has 1 aliphatic heterocycles. The van der Waals surface area contributed by atoms with Crippen LogP contribution < -0.4 is 26.4 Å². The maximum Gasteiger partial charge on any atom is 0.252 e. The predicted molar refractivity (Wildman–Crippen MR) is 117 cm³/mol. The Bertz CT molecular complexity index is 1040. The fourth-order valence-corrected chi connectivity index (χ4v) is 2.97. The van der Waals surface area contributed by atoms with Crippen LogP contribution >= 0.6 is 11.6 Å². The van der Waals surface area contributed by atoms with Crippen molar-refractivity contribution in [3.63, 3.8) is 0 Å². The number of hydrogen-bond acceptors (Lipinski definition) is 5. The molecule has 1 heterocycles. The molecule has 10 heteroatoms. The van der Waals surface area contributed by atoms with Crippen molar-refractivity contribution in [3.8, 4) is 5.75 Å². The number of anilines is 2. The van der Waals surface area contributed by atoms with Crippen molar-refractivity contribution in [2.75, 3.05) is 17.7 Å². The summed E-state index contributed by atoms with van der Waals surface area (Å²) in [6.45, 7) is 1.95. The van der Waals surface area contributed by atoms with Gasteiger partial charge in [-0.05, 0) is 42.8 Å². The molecule has 1 unspecified atom stereocenters. The van der Waals surface area contributed by atoms with Crippen molar-refractivity contribution in [2.45, 2.75) is 19.4 Å². The number of benzene rings is 2. The van der Waals surface area contributed by atoms with Crippen molar-refractivity contribution < 1.29 is 14.3 Å². The molecule has 0 saturated heterocycles. The summed E-state index contributed by atoms with van der Waals surface area (Å²) in [4.78, 5) is 32.7. The van der Waals surface area contributed by atoms with Crippen LogP contribution in [0.1, 0.15) is 12.0 Å². The second-order valence-electron chi connectivity index (χ2n) is 6.55. The van der Waals surface area contributed by atoms with Crippen LogP contribution in [0.25, 0.3) is 0 Å². The molecular formula is C20H21ClN6O3. The summed E-state index contributed by atoms with van der Waals surface area (Å²) in [5, 5.41) is 8.54. The molecule has 2 amide bonds. The summed E-state index contributed by atoms with van der Waals surface area (Å²) in [6, 6.07) is 11.5. The van der Waals surface area contributed by atoms with Gasteiger partial charge < -0.3 is 21.1 Å². The molecule has 0 spiro atoms. The maximum atomic E-state index is 12.4. The number of nitrogens with zero attached hydrogens (tertiary/aromatic N) is 2. The van der Waals surface area contributed by atoms with E-state index < -0.39 is 17.9 Å². The molecule has 0 bridgehead atoms. The number of hydrogen-bond donors (Lipinski definition) is 4. The van der Waals surface area contributed by atoms with Gasteiger partial charge in [-0.15, -0.1) is 0 Å². The molecule has 1 atom stereocenters. The summed E-state index contributed by atoms with van der Waals surface area (Å²) < 4.78 is 5.19. The van der Waals surface area contributed by atoms with Crippen LogP contribution in [0, 0.1) is 6.92 Å². The highest BCUT2D eigenvalue weighted by Crippen LogP contribution is 2.28. The first-order chi connectivity index (χ1) is 14.3. The van der Waals surface area contributed by atoms with Gasteiger partial charge in [0.05, 0.1) is 19.2 Å². The zero-order chi connectivity index (χ0) is 21.7. The molecule has 5 N–H and O–H groups in total. The zero-order valence-electron chi connectivity index (χ0n) is 16.4. The van der Waals surface area contributed by atoms with Gasteiger partial charge in [0.15, 0.2) is 0 Å². The number of ether oxygens (including phenoxy) is 1. The van der Waals surface area contributed by atoms with Gasteiger partial charge in [-0.1, -0.05) is 23.7 Å². The topological polar surface area (TPSA) is 130 Å². The van der Waals surface area contributed by atoms with E-state index in [0.717, 1.165) is 11.3 Å². The number of amides is 2. The van der Waals surface area contributed by atoms with Gasteiger partial charge in [0, 0.05) is 10.7 Å². The number of rotatable bonds is 5. The molecule has 9 nitrogen and oxygen atoms in total. The lowest BCUT2D eigenvalue weighted by atomic mass is 10.2. The SMILES string of the molecule is COc1ccc(Cl)cc1NC(=O)CC1N=C(/N=C(\N)Nc2cccc(C)c2)NC1=O. The molecule has 30 heavy (non-hydrogen) atoms. The number of carbonyl (C=O) groups excluding carboxylic acids is 2. The molecule has 0 radical (unpaired) electrons. The first-order valence-corrected chi connectivity index (χ1v) is 9.42. The maximum absolute atomic E-state index is 12.4. The fourth-order valence-electron chi connectivity index (χ4n) is 2.79. The van der Waals surface area contributed by atoms with Gasteiger partial charge in [-0.2, -0.15) is 4.99 Å². The number of carbonyl (C=O) groups is 2. The Labute approximate surface area is 178 Å². The lowest BCUT2D eigenvalue weighted by Crippen LogP contribution is -2.32. The van der Waals surface area contributed by atoms with Crippen molar-refractivity contribution in [2.24, 2.45) is 15.7 Å². The van der Waals surface area contributed by atoms with E-state index in [4.69, 9.17) is 22.1 Å². The van der Waals surface area contributed by atoms with E-state index in [2.05, 4.69) is 25.9 Å². The van der Waals surface area contributed by atoms with Crippen molar-refractivity contribution in [1.29, 1.82) is 0 Å². The van der Waals surface area contributed by atoms with Gasteiger partial charge in [0.25, 0.3) is 5.91 Å². The predicted octanol–water partition coefficient (Wildman–Crippen LogP) is 2.27. The quantitative estimate of drug-likeness (QED) is 0.428. The summed E-state index contributed by atoms with van der Waals surface area (Å²) in [5.74, 6) is -0.308. The Morgan fingerprint density at radius 2 is 2.10 bits per heavy atom. The average Bonchev–Trinajstić information content (AvgIpc) is 3.00. The number of halogens is 1. The van der Waals surface area contributed by atoms with Crippen LogP contribution in [0.2, 0.25) is 5.02 Å². The molecule has 0 aromatic heterocycles. The molecule has 0 aliphatic carbocycles. The van der Waals surface area contributed by atoms with Crippen LogP contribution in [0.4, 0.5) is 11.4 Å². The highest BCUT2D eigenvalue weighted by molar-refractivity contribution is 6.31. The second-order valence-corrected chi connectivity index (χ2v) is 6.98. The highest BCUT2D eigenvalue weighted by atomic mass is 35.5. The molecule has 156 valence electrons. The Kier molecular flexibility index (Phi) is 6.53. The summed E-state index contributed by atoms with van der Waals surface area (Å²) in [6.07, 6.45) is -0.175. The molecule has 3 rings (SSSR count). The Morgan fingerprint density at radius 3 is 2.83 bits per heavy atom. The van der Waals surface area contributed by atoms with E-state index in [0.29, 0.717) is 16.5 Å². The van der Waals surface area contributed by atoms with Gasteiger partial charge in [0.1, 0.15) is 11.8 Å². The Hall–Kier alpha value is -3.59. The van der Waals surface area contributed by atoms with Crippen LogP contribution in [0.5, 0.6) is 5.75 Å². The summed E-state index contributed by atoms with van der Waals surface area (Å²) >= 11 is 5.96. The van der Waals surface area contributed by atoms with Gasteiger partial charge in [-0.3, -0.25) is 14.9 Å². The minimum absolute atomic E-state index is 0.0378. The monoisotopic (exact) mass is 428 g/mol. The molecular weight excluding hydrogens is 408 g/mol. The molecule has 0 saturated carbocycles. The van der Waals surface area contributed by atoms with Gasteiger partial charge in [0.2, 0.25) is 17.8 Å². The molecule has 2 aromatic carbocycles. The van der Waals surface area contributed by atoms with Crippen LogP contribution in [0.3, 0.4) is 0 Å². The zero-order valence-corrected chi connectivity index (χ0v) is 17.2. The normalized spacial score (nSPS) is 16.0. The van der Waals surface area contributed by atoms with Crippen molar-refractivity contribution in [3.05, 3.63) is 53.1 Å². The van der Waals surface area contributed by atoms with Crippen LogP contribution in [-0.4, -0.2) is 36.9 Å². The average molecular weight is 429 g/mol. The third-order valence-electron chi connectivity index (χ3n) is 4.15. The van der Waals surface area contributed by atoms with E-state index >= 15 is 0 Å². The second kappa shape index (κ2) is 9.27. The van der Waals surface area contributed by atoms with E-state index in [9.17, 15) is 9.59 Å². The third kappa shape index (κ3) is 5.48. The first kappa shape index (κ1) is 21.1. The minimum Gasteiger partial charge on any atom is -0.495 e. The standard InChI is InChI=1S/C20H21ClN6O3/c1-11-4-3-5-13(8-11)23-19(22)27-20-25-15(18(29)26-20)10-17(28)24-14-9-12(21)6-7-16(14)30-2/h3-9,15H,10H2,1-2H3,(H,24,28)(H4,22,23,25,26,27,29). The number of guanidine groups is 2. The van der Waals surface area contributed by atoms with E-state index in [1.165, 1.54) is 7.11 Å². The van der Waals surface area contributed by atoms with Crippen LogP contribution in [-0.2, 0) is 9.59 Å². The number of nitrogens with one attached hydrogen (secondary N) is 3. The van der Waals surface area contributed by atoms with Crippen molar-refractivity contribution in [1.82, 2.24) is 5.32 Å². The molecule has 0 fully saturated rings. The summed E-state index contributed by atoms with van der Waals surface area (Å²) in [7, 11) is 1.48. The lowest BCUT2D eigenvalue weighted by Gasteiger charge is -2.11. The molecule has 1 aliphatic rings. The third-order valence-corrected chi connectivity index (χ3v) is 4.38. The van der Waals surface area contributed by atoms with Gasteiger partial charge in [-0.25, -0.2) is 4.99 Å². The van der Waals surface area contributed by atoms with Crippen molar-refractivity contribution >= 4 is 46.7 Å². The largest absolute Gasteiger partial charge is 0.495 e. The molecule has 2 aromatic rings. The fraction of sp³-hybridized carbons (Fsp3) is 0.200. The smallest absolute Gasteiger partial charge is 0.252 e. The highest BCUT2D eigenvalue weighted by Gasteiger charge is 2.29. The summed E-state index contributed by atoms with van der Waals surface area (Å²) in [5.41, 5.74) is 8.10. The number of aliphatic imine (C=N–C) groups is 2. The number of nitrogens with two attached hydrogens (primary N) is 1. The first-order valence-electron chi connectivity index (χ1n) is 9.04. The Balaban J connectivity index is 1.64. The number of aryl methyl sites for hydroxylation is 1. The Morgan fingerprint density at radius 1 is 1.30 bits per heavy atom. The van der Waals surface area contributed by atoms with E-state index in [-0.39, 0.29) is 18.3 Å². The van der Waals surface area contributed by atoms with E-state index in [1.54, 1.807) is 18.2 Å². The minimum atomic E-state index is -0.916. The van der Waals surface area contributed by atoms with E-state index in [1.807, 2.05) is 31.2 Å². The van der Waals surface area contributed by atoms with Crippen LogP contribution in [0.15, 0.2) is 52.4 Å².